The van der Waals surface area contributed by atoms with Crippen LogP contribution in [0.4, 0.5) is 0 Å². The van der Waals surface area contributed by atoms with E-state index in [-0.39, 0.29) is 17.6 Å². The fraction of sp³-hybridized carbons (Fsp3) is 0.333. The van der Waals surface area contributed by atoms with E-state index >= 15 is 0 Å². The number of H-pyrrole nitrogens is 1. The molecule has 1 saturated carbocycles. The zero-order valence-electron chi connectivity index (χ0n) is 21.6. The van der Waals surface area contributed by atoms with E-state index in [0.29, 0.717) is 12.1 Å². The van der Waals surface area contributed by atoms with Gasteiger partial charge < -0.3 is 4.98 Å². The summed E-state index contributed by atoms with van der Waals surface area (Å²) in [5.74, 6) is 0.749. The first kappa shape index (κ1) is 24.7. The van der Waals surface area contributed by atoms with E-state index in [4.69, 9.17) is 0 Å². The summed E-state index contributed by atoms with van der Waals surface area (Å²) in [6, 6.07) is 22.9. The van der Waals surface area contributed by atoms with E-state index in [1.54, 1.807) is 11.3 Å². The van der Waals surface area contributed by atoms with Crippen molar-refractivity contribution < 1.29 is 0 Å². The number of pyridine rings is 1. The molecule has 3 heterocycles. The number of fused-ring (bicyclic) bond motifs is 1. The molecule has 6 rings (SSSR count). The first-order valence-corrected chi connectivity index (χ1v) is 14.3. The average Bonchev–Trinajstić information content (AvgIpc) is 3.71. The second-order valence-corrected chi connectivity index (χ2v) is 11.3. The third kappa shape index (κ3) is 5.19. The molecule has 0 spiro atoms. The van der Waals surface area contributed by atoms with Crippen LogP contribution < -0.4 is 5.56 Å². The third-order valence-electron chi connectivity index (χ3n) is 7.59. The lowest BCUT2D eigenvalue weighted by molar-refractivity contribution is 0.203. The van der Waals surface area contributed by atoms with Gasteiger partial charge in [-0.1, -0.05) is 61.4 Å². The average molecular weight is 525 g/mol. The van der Waals surface area contributed by atoms with Crippen molar-refractivity contribution in [2.24, 2.45) is 0 Å². The van der Waals surface area contributed by atoms with Crippen LogP contribution in [-0.4, -0.2) is 36.6 Å². The molecule has 1 fully saturated rings. The largest absolute Gasteiger partial charge is 0.322 e. The highest BCUT2D eigenvalue weighted by Gasteiger charge is 2.33. The summed E-state index contributed by atoms with van der Waals surface area (Å²) in [7, 11) is 0. The number of aryl methyl sites for hydroxylation is 1. The van der Waals surface area contributed by atoms with Gasteiger partial charge in [0.1, 0.15) is 6.04 Å². The molecule has 3 aromatic heterocycles. The minimum atomic E-state index is -0.383. The lowest BCUT2D eigenvalue weighted by Crippen LogP contribution is -2.36. The number of hydrogen-bond acceptors (Lipinski definition) is 6. The predicted octanol–water partition coefficient (Wildman–Crippen LogP) is 5.83. The number of hydrogen-bond donors (Lipinski definition) is 1. The number of benzene rings is 2. The first-order valence-electron chi connectivity index (χ1n) is 13.4. The van der Waals surface area contributed by atoms with Gasteiger partial charge in [0.2, 0.25) is 0 Å². The Bertz CT molecular complexity index is 1550. The Balaban J connectivity index is 1.48. The fourth-order valence-corrected chi connectivity index (χ4v) is 6.37. The lowest BCUT2D eigenvalue weighted by atomic mass is 10.0. The van der Waals surface area contributed by atoms with Crippen molar-refractivity contribution in [2.45, 2.75) is 57.7 Å². The first-order chi connectivity index (χ1) is 18.7. The maximum absolute atomic E-state index is 13.7. The van der Waals surface area contributed by atoms with Crippen LogP contribution in [0.25, 0.3) is 10.9 Å². The Hall–Kier alpha value is -3.62. The zero-order chi connectivity index (χ0) is 25.9. The molecule has 0 radical (unpaired) electrons. The topological polar surface area (TPSA) is 79.7 Å². The van der Waals surface area contributed by atoms with Crippen molar-refractivity contribution in [1.29, 1.82) is 0 Å². The van der Waals surface area contributed by atoms with Gasteiger partial charge in [-0.05, 0) is 76.7 Å². The summed E-state index contributed by atoms with van der Waals surface area (Å²) < 4.78 is 2.00. The van der Waals surface area contributed by atoms with E-state index in [9.17, 15) is 4.79 Å². The van der Waals surface area contributed by atoms with Crippen molar-refractivity contribution in [3.63, 3.8) is 0 Å². The molecule has 0 bridgehead atoms. The molecule has 2 aromatic carbocycles. The molecule has 0 amide bonds. The maximum Gasteiger partial charge on any atom is 0.253 e. The van der Waals surface area contributed by atoms with Crippen molar-refractivity contribution in [3.05, 3.63) is 110 Å². The Labute approximate surface area is 226 Å². The van der Waals surface area contributed by atoms with Crippen LogP contribution in [0.15, 0.2) is 76.9 Å². The van der Waals surface area contributed by atoms with Gasteiger partial charge >= 0.3 is 0 Å². The molecule has 7 nitrogen and oxygen atoms in total. The van der Waals surface area contributed by atoms with Crippen molar-refractivity contribution in [2.75, 3.05) is 6.54 Å². The minimum absolute atomic E-state index is 0.0926. The Morgan fingerprint density at radius 1 is 1.08 bits per heavy atom. The van der Waals surface area contributed by atoms with Crippen LogP contribution in [0.3, 0.4) is 0 Å². The third-order valence-corrected chi connectivity index (χ3v) is 8.45. The summed E-state index contributed by atoms with van der Waals surface area (Å²) in [5, 5.41) is 16.3. The molecule has 194 valence electrons. The van der Waals surface area contributed by atoms with E-state index in [0.717, 1.165) is 48.1 Å². The summed E-state index contributed by atoms with van der Waals surface area (Å²) >= 11 is 1.73. The van der Waals surface area contributed by atoms with Crippen LogP contribution >= 0.6 is 11.3 Å². The smallest absolute Gasteiger partial charge is 0.253 e. The van der Waals surface area contributed by atoms with E-state index in [1.807, 2.05) is 29.8 Å². The SMILES string of the molecule is Cc1ccc2cc(C(c3nnnn3C3CCCC3)N(CCc3ccccc3)Cc3cccs3)c(=O)[nH]c2c1. The van der Waals surface area contributed by atoms with Gasteiger partial charge in [-0.3, -0.25) is 9.69 Å². The second kappa shape index (κ2) is 11.0. The normalized spacial score (nSPS) is 15.0. The highest BCUT2D eigenvalue weighted by atomic mass is 32.1. The highest BCUT2D eigenvalue weighted by molar-refractivity contribution is 7.09. The quantitative estimate of drug-likeness (QED) is 0.262. The van der Waals surface area contributed by atoms with Gasteiger partial charge in [0.15, 0.2) is 5.82 Å². The molecule has 1 N–H and O–H groups in total. The molecule has 38 heavy (non-hydrogen) atoms. The molecular weight excluding hydrogens is 492 g/mol. The van der Waals surface area contributed by atoms with Crippen LogP contribution in [0.1, 0.15) is 65.2 Å². The minimum Gasteiger partial charge on any atom is -0.322 e. The Kier molecular flexibility index (Phi) is 7.16. The number of aromatic nitrogens is 5. The standard InChI is InChI=1S/C30H32N6OS/c1-21-13-14-23-19-26(30(37)31-27(23)18-21)28(29-32-33-34-36(29)24-10-5-6-11-24)35(20-25-12-7-17-38-25)16-15-22-8-3-2-4-9-22/h2-4,7-9,12-14,17-19,24,28H,5-6,10-11,15-16,20H2,1H3,(H,31,37). The molecule has 1 unspecified atom stereocenters. The molecule has 1 aliphatic rings. The van der Waals surface area contributed by atoms with Crippen LogP contribution in [0, 0.1) is 6.92 Å². The summed E-state index contributed by atoms with van der Waals surface area (Å²) in [5.41, 5.74) is 3.82. The van der Waals surface area contributed by atoms with E-state index in [1.165, 1.54) is 23.3 Å². The van der Waals surface area contributed by atoms with E-state index in [2.05, 4.69) is 79.3 Å². The number of rotatable bonds is 9. The number of nitrogens with zero attached hydrogens (tertiary/aromatic N) is 5. The van der Waals surface area contributed by atoms with Gasteiger partial charge in [0.05, 0.1) is 6.04 Å². The van der Waals surface area contributed by atoms with Gasteiger partial charge in [0.25, 0.3) is 5.56 Å². The van der Waals surface area contributed by atoms with Crippen molar-refractivity contribution >= 4 is 22.2 Å². The molecule has 5 aromatic rings. The monoisotopic (exact) mass is 524 g/mol. The molecule has 1 aliphatic carbocycles. The number of thiophene rings is 1. The van der Waals surface area contributed by atoms with Crippen molar-refractivity contribution in [1.82, 2.24) is 30.1 Å². The molecule has 8 heteroatoms. The fourth-order valence-electron chi connectivity index (χ4n) is 5.64. The van der Waals surface area contributed by atoms with Crippen LogP contribution in [0.2, 0.25) is 0 Å². The van der Waals surface area contributed by atoms with Crippen LogP contribution in [-0.2, 0) is 13.0 Å². The van der Waals surface area contributed by atoms with Gasteiger partial charge in [-0.25, -0.2) is 4.68 Å². The molecule has 0 aliphatic heterocycles. The second-order valence-electron chi connectivity index (χ2n) is 10.3. The van der Waals surface area contributed by atoms with Gasteiger partial charge in [-0.2, -0.15) is 0 Å². The molecule has 0 saturated heterocycles. The number of aromatic amines is 1. The van der Waals surface area contributed by atoms with E-state index < -0.39 is 0 Å². The Morgan fingerprint density at radius 3 is 2.71 bits per heavy atom. The predicted molar refractivity (Wildman–Crippen MR) is 151 cm³/mol. The Morgan fingerprint density at radius 2 is 1.92 bits per heavy atom. The van der Waals surface area contributed by atoms with Gasteiger partial charge in [-0.15, -0.1) is 16.4 Å². The van der Waals surface area contributed by atoms with Crippen molar-refractivity contribution in [3.8, 4) is 0 Å². The summed E-state index contributed by atoms with van der Waals surface area (Å²) in [6.45, 7) is 3.50. The highest BCUT2D eigenvalue weighted by Crippen LogP contribution is 2.35. The number of tetrazole rings is 1. The number of nitrogens with one attached hydrogen (secondary N) is 1. The molecule has 1 atom stereocenters. The van der Waals surface area contributed by atoms with Gasteiger partial charge in [0, 0.05) is 29.0 Å². The van der Waals surface area contributed by atoms with Crippen LogP contribution in [0.5, 0.6) is 0 Å². The molecular formula is C30H32N6OS. The summed E-state index contributed by atoms with van der Waals surface area (Å²) in [4.78, 5) is 20.5. The zero-order valence-corrected chi connectivity index (χ0v) is 22.4. The lowest BCUT2D eigenvalue weighted by Gasteiger charge is -2.31. The summed E-state index contributed by atoms with van der Waals surface area (Å²) in [6.07, 6.45) is 5.34. The maximum atomic E-state index is 13.7.